The first kappa shape index (κ1) is 35.8. The number of halogens is 2. The SMILES string of the molecule is CC(=O)C(N=Nc1ccc(-c2cc(Cl)c(N=NC(C(C)=O)C(=O)Nc3c(C)cccc3C)cc2Cl)cc1)C(=O)Nc1c(C)cccc1C. The van der Waals surface area contributed by atoms with Crippen molar-refractivity contribution in [2.24, 2.45) is 20.5 Å². The summed E-state index contributed by atoms with van der Waals surface area (Å²) in [6.45, 7) is 9.99. The molecule has 0 aliphatic rings. The van der Waals surface area contributed by atoms with Crippen molar-refractivity contribution in [3.05, 3.63) is 105 Å². The van der Waals surface area contributed by atoms with Crippen molar-refractivity contribution in [3.8, 4) is 11.1 Å². The van der Waals surface area contributed by atoms with Crippen LogP contribution in [0.3, 0.4) is 0 Å². The molecular weight excluding hydrogens is 651 g/mol. The molecule has 2 unspecified atom stereocenters. The zero-order chi connectivity index (χ0) is 35.1. The Morgan fingerprint density at radius 1 is 0.604 bits per heavy atom. The summed E-state index contributed by atoms with van der Waals surface area (Å²) >= 11 is 13.1. The van der Waals surface area contributed by atoms with Crippen LogP contribution in [0, 0.1) is 27.7 Å². The number of anilines is 2. The van der Waals surface area contributed by atoms with E-state index in [9.17, 15) is 19.2 Å². The molecule has 0 spiro atoms. The van der Waals surface area contributed by atoms with Gasteiger partial charge < -0.3 is 10.6 Å². The average molecular weight is 686 g/mol. The summed E-state index contributed by atoms with van der Waals surface area (Å²) in [5, 5.41) is 22.3. The Bertz CT molecular complexity index is 1920. The fourth-order valence-corrected chi connectivity index (χ4v) is 5.30. The van der Waals surface area contributed by atoms with E-state index < -0.39 is 35.5 Å². The number of Topliss-reactive ketones (excluding diaryl/α,β-unsaturated/α-hetero) is 2. The molecule has 0 radical (unpaired) electrons. The number of aryl methyl sites for hydroxylation is 4. The number of rotatable bonds is 11. The van der Waals surface area contributed by atoms with Crippen molar-refractivity contribution in [2.45, 2.75) is 53.6 Å². The highest BCUT2D eigenvalue weighted by atomic mass is 35.5. The molecule has 0 aliphatic carbocycles. The Morgan fingerprint density at radius 3 is 1.48 bits per heavy atom. The van der Waals surface area contributed by atoms with E-state index in [1.165, 1.54) is 19.9 Å². The number of hydrogen-bond acceptors (Lipinski definition) is 8. The van der Waals surface area contributed by atoms with Crippen molar-refractivity contribution >= 4 is 69.3 Å². The second-order valence-corrected chi connectivity index (χ2v) is 12.1. The minimum atomic E-state index is -1.39. The molecule has 10 nitrogen and oxygen atoms in total. The Labute approximate surface area is 288 Å². The van der Waals surface area contributed by atoms with Gasteiger partial charge in [-0.25, -0.2) is 0 Å². The van der Waals surface area contributed by atoms with E-state index in [4.69, 9.17) is 23.2 Å². The molecule has 0 aliphatic heterocycles. The molecule has 0 saturated heterocycles. The summed E-state index contributed by atoms with van der Waals surface area (Å²) in [6, 6.07) is 18.4. The van der Waals surface area contributed by atoms with Gasteiger partial charge in [0, 0.05) is 16.9 Å². The number of hydrogen-bond donors (Lipinski definition) is 2. The molecule has 246 valence electrons. The van der Waals surface area contributed by atoms with Crippen LogP contribution in [-0.4, -0.2) is 35.5 Å². The predicted octanol–water partition coefficient (Wildman–Crippen LogP) is 9.25. The van der Waals surface area contributed by atoms with Crippen molar-refractivity contribution in [3.63, 3.8) is 0 Å². The van der Waals surface area contributed by atoms with Crippen LogP contribution in [0.1, 0.15) is 36.1 Å². The molecule has 48 heavy (non-hydrogen) atoms. The number of para-hydroxylation sites is 2. The van der Waals surface area contributed by atoms with E-state index in [1.807, 2.05) is 64.1 Å². The normalized spacial score (nSPS) is 12.6. The van der Waals surface area contributed by atoms with Gasteiger partial charge in [0.15, 0.2) is 11.6 Å². The van der Waals surface area contributed by atoms with Gasteiger partial charge in [-0.3, -0.25) is 19.2 Å². The largest absolute Gasteiger partial charge is 0.323 e. The van der Waals surface area contributed by atoms with Crippen molar-refractivity contribution in [2.75, 3.05) is 10.6 Å². The first-order chi connectivity index (χ1) is 22.8. The molecule has 12 heteroatoms. The van der Waals surface area contributed by atoms with Gasteiger partial charge in [-0.05, 0) is 93.6 Å². The Balaban J connectivity index is 1.49. The smallest absolute Gasteiger partial charge is 0.258 e. The van der Waals surface area contributed by atoms with Gasteiger partial charge in [-0.15, -0.1) is 0 Å². The lowest BCUT2D eigenvalue weighted by Gasteiger charge is -2.14. The van der Waals surface area contributed by atoms with E-state index in [-0.39, 0.29) is 10.7 Å². The molecule has 4 rings (SSSR count). The van der Waals surface area contributed by atoms with Crippen molar-refractivity contribution < 1.29 is 19.2 Å². The van der Waals surface area contributed by atoms with Gasteiger partial charge in [0.2, 0.25) is 12.1 Å². The second kappa shape index (κ2) is 15.7. The van der Waals surface area contributed by atoms with Crippen LogP contribution in [0.4, 0.5) is 22.7 Å². The Kier molecular flexibility index (Phi) is 11.7. The molecule has 0 bridgehead atoms. The van der Waals surface area contributed by atoms with E-state index >= 15 is 0 Å². The topological polar surface area (TPSA) is 142 Å². The third kappa shape index (κ3) is 8.64. The number of benzene rings is 4. The standard InChI is InChI=1S/C36H34Cl2N6O4/c1-19-9-7-10-20(2)31(19)39-35(47)33(23(5)45)43-41-26-15-13-25(14-16-26)27-17-29(38)30(18-28(27)37)42-44-34(24(6)46)36(48)40-32-21(3)11-8-12-22(32)4/h7-18,33-34H,1-6H3,(H,39,47)(H,40,48). The highest BCUT2D eigenvalue weighted by Crippen LogP contribution is 2.38. The maximum Gasteiger partial charge on any atom is 0.258 e. The number of azo groups is 2. The van der Waals surface area contributed by atoms with E-state index in [1.54, 1.807) is 30.3 Å². The number of carbonyl (C=O) groups is 4. The zero-order valence-corrected chi connectivity index (χ0v) is 28.8. The molecule has 0 aromatic heterocycles. The van der Waals surface area contributed by atoms with Crippen molar-refractivity contribution in [1.29, 1.82) is 0 Å². The lowest BCUT2D eigenvalue weighted by molar-refractivity contribution is -0.127. The van der Waals surface area contributed by atoms with Crippen LogP contribution in [0.15, 0.2) is 93.3 Å². The summed E-state index contributed by atoms with van der Waals surface area (Å²) < 4.78 is 0. The van der Waals surface area contributed by atoms with E-state index in [2.05, 4.69) is 31.1 Å². The average Bonchev–Trinajstić information content (AvgIpc) is 3.02. The molecule has 2 N–H and O–H groups in total. The van der Waals surface area contributed by atoms with Gasteiger partial charge in [-0.2, -0.15) is 20.5 Å². The van der Waals surface area contributed by atoms with Crippen molar-refractivity contribution in [1.82, 2.24) is 0 Å². The molecule has 2 atom stereocenters. The number of nitrogens with one attached hydrogen (secondary N) is 2. The van der Waals surface area contributed by atoms with Crippen LogP contribution < -0.4 is 10.6 Å². The first-order valence-corrected chi connectivity index (χ1v) is 15.7. The molecule has 4 aromatic rings. The second-order valence-electron chi connectivity index (χ2n) is 11.3. The fourth-order valence-electron chi connectivity index (χ4n) is 4.83. The number of carbonyl (C=O) groups excluding carboxylic acids is 4. The van der Waals surface area contributed by atoms with Crippen LogP contribution >= 0.6 is 23.2 Å². The summed E-state index contributed by atoms with van der Waals surface area (Å²) in [7, 11) is 0. The first-order valence-electron chi connectivity index (χ1n) is 14.9. The van der Waals surface area contributed by atoms with Gasteiger partial charge in [-0.1, -0.05) is 71.7 Å². The quantitative estimate of drug-likeness (QED) is 0.120. The summed E-state index contributed by atoms with van der Waals surface area (Å²) in [6.07, 6.45) is 0. The lowest BCUT2D eigenvalue weighted by atomic mass is 10.0. The zero-order valence-electron chi connectivity index (χ0n) is 27.3. The summed E-state index contributed by atoms with van der Waals surface area (Å²) in [5.74, 6) is -2.13. The molecular formula is C36H34Cl2N6O4. The summed E-state index contributed by atoms with van der Waals surface area (Å²) in [5.41, 5.74) is 6.52. The lowest BCUT2D eigenvalue weighted by Crippen LogP contribution is -2.32. The monoisotopic (exact) mass is 684 g/mol. The number of amides is 2. The van der Waals surface area contributed by atoms with Crippen LogP contribution in [0.5, 0.6) is 0 Å². The maximum atomic E-state index is 13.0. The highest BCUT2D eigenvalue weighted by Gasteiger charge is 2.25. The highest BCUT2D eigenvalue weighted by molar-refractivity contribution is 6.37. The number of nitrogens with zero attached hydrogens (tertiary/aromatic N) is 4. The van der Waals surface area contributed by atoms with Gasteiger partial charge in [0.1, 0.15) is 5.69 Å². The van der Waals surface area contributed by atoms with E-state index in [0.29, 0.717) is 33.2 Å². The Morgan fingerprint density at radius 2 is 1.04 bits per heavy atom. The number of ketones is 2. The van der Waals surface area contributed by atoms with Gasteiger partial charge in [0.25, 0.3) is 11.8 Å². The third-order valence-corrected chi connectivity index (χ3v) is 8.13. The summed E-state index contributed by atoms with van der Waals surface area (Å²) in [4.78, 5) is 50.4. The maximum absolute atomic E-state index is 13.0. The molecule has 0 fully saturated rings. The van der Waals surface area contributed by atoms with Crippen LogP contribution in [0.2, 0.25) is 10.0 Å². The van der Waals surface area contributed by atoms with E-state index in [0.717, 1.165) is 22.3 Å². The molecule has 4 aromatic carbocycles. The van der Waals surface area contributed by atoms with Crippen LogP contribution in [-0.2, 0) is 19.2 Å². The fraction of sp³-hybridized carbons (Fsp3) is 0.222. The van der Waals surface area contributed by atoms with Crippen LogP contribution in [0.25, 0.3) is 11.1 Å². The van der Waals surface area contributed by atoms with Gasteiger partial charge in [0.05, 0.1) is 15.7 Å². The molecule has 0 heterocycles. The van der Waals surface area contributed by atoms with Gasteiger partial charge >= 0.3 is 0 Å². The minimum absolute atomic E-state index is 0.177. The molecule has 2 amide bonds. The Hall–Kier alpha value is -5.06. The third-order valence-electron chi connectivity index (χ3n) is 7.51. The molecule has 0 saturated carbocycles. The minimum Gasteiger partial charge on any atom is -0.323 e. The predicted molar refractivity (Wildman–Crippen MR) is 189 cm³/mol.